The van der Waals surface area contributed by atoms with Crippen molar-refractivity contribution in [2.75, 3.05) is 25.4 Å². The molecule has 3 heteroatoms. The molecule has 0 aliphatic heterocycles. The fraction of sp³-hybridized carbons (Fsp3) is 0.500. The van der Waals surface area contributed by atoms with Crippen molar-refractivity contribution in [3.05, 3.63) is 29.3 Å². The van der Waals surface area contributed by atoms with Gasteiger partial charge in [-0.15, -0.1) is 0 Å². The summed E-state index contributed by atoms with van der Waals surface area (Å²) < 4.78 is 5.63. The van der Waals surface area contributed by atoms with Crippen molar-refractivity contribution in [3.8, 4) is 5.75 Å². The van der Waals surface area contributed by atoms with Gasteiger partial charge in [-0.1, -0.05) is 6.07 Å². The van der Waals surface area contributed by atoms with E-state index >= 15 is 0 Å². The lowest BCUT2D eigenvalue weighted by atomic mass is 10.1. The van der Waals surface area contributed by atoms with Crippen LogP contribution in [0.4, 0.5) is 0 Å². The molecule has 0 heterocycles. The first-order valence-electron chi connectivity index (χ1n) is 5.25. The van der Waals surface area contributed by atoms with E-state index in [-0.39, 0.29) is 0 Å². The van der Waals surface area contributed by atoms with Gasteiger partial charge in [0.2, 0.25) is 0 Å². The highest BCUT2D eigenvalue weighted by molar-refractivity contribution is 7.80. The molecule has 0 fully saturated rings. The molecule has 0 aliphatic carbocycles. The molecule has 0 amide bonds. The minimum Gasteiger partial charge on any atom is -0.492 e. The van der Waals surface area contributed by atoms with Crippen molar-refractivity contribution >= 4 is 12.6 Å². The maximum atomic E-state index is 5.63. The topological polar surface area (TPSA) is 21.3 Å². The first-order valence-corrected chi connectivity index (χ1v) is 5.88. The average Bonchev–Trinajstić information content (AvgIpc) is 2.16. The van der Waals surface area contributed by atoms with Crippen LogP contribution in [0.2, 0.25) is 0 Å². The van der Waals surface area contributed by atoms with Gasteiger partial charge in [0.05, 0.1) is 0 Å². The highest BCUT2D eigenvalue weighted by atomic mass is 32.1. The zero-order chi connectivity index (χ0) is 11.1. The smallest absolute Gasteiger partial charge is 0.119 e. The number of rotatable bonds is 6. The molecule has 1 N–H and O–H groups in total. The summed E-state index contributed by atoms with van der Waals surface area (Å²) in [5, 5.41) is 3.23. The fourth-order valence-electron chi connectivity index (χ4n) is 1.46. The van der Waals surface area contributed by atoms with Crippen LogP contribution in [-0.2, 0) is 0 Å². The monoisotopic (exact) mass is 225 g/mol. The number of nitrogens with one attached hydrogen (secondary N) is 1. The lowest BCUT2D eigenvalue weighted by Crippen LogP contribution is -2.22. The fourth-order valence-corrected chi connectivity index (χ4v) is 1.62. The van der Waals surface area contributed by atoms with Crippen molar-refractivity contribution in [3.63, 3.8) is 0 Å². The molecule has 0 saturated heterocycles. The number of benzene rings is 1. The number of hydrogen-bond donors (Lipinski definition) is 2. The molecule has 0 bridgehead atoms. The van der Waals surface area contributed by atoms with Gasteiger partial charge in [-0.3, -0.25) is 0 Å². The second-order valence-corrected chi connectivity index (χ2v) is 4.09. The van der Waals surface area contributed by atoms with Crippen LogP contribution in [0.3, 0.4) is 0 Å². The largest absolute Gasteiger partial charge is 0.492 e. The highest BCUT2D eigenvalue weighted by Crippen LogP contribution is 2.15. The first-order chi connectivity index (χ1) is 7.22. The van der Waals surface area contributed by atoms with Gasteiger partial charge < -0.3 is 10.1 Å². The van der Waals surface area contributed by atoms with E-state index in [9.17, 15) is 0 Å². The second kappa shape index (κ2) is 6.75. The molecule has 0 aliphatic rings. The Morgan fingerprint density at radius 1 is 1.13 bits per heavy atom. The lowest BCUT2D eigenvalue weighted by Gasteiger charge is -2.08. The van der Waals surface area contributed by atoms with Crippen LogP contribution in [-0.4, -0.2) is 25.4 Å². The summed E-state index contributed by atoms with van der Waals surface area (Å²) in [6, 6.07) is 6.27. The molecule has 0 unspecified atom stereocenters. The maximum absolute atomic E-state index is 5.63. The van der Waals surface area contributed by atoms with E-state index in [4.69, 9.17) is 4.74 Å². The number of thiol groups is 1. The summed E-state index contributed by atoms with van der Waals surface area (Å²) in [4.78, 5) is 0. The van der Waals surface area contributed by atoms with Crippen molar-refractivity contribution < 1.29 is 4.74 Å². The van der Waals surface area contributed by atoms with Gasteiger partial charge in [0.1, 0.15) is 12.4 Å². The van der Waals surface area contributed by atoms with Gasteiger partial charge in [0, 0.05) is 18.8 Å². The van der Waals surface area contributed by atoms with E-state index in [2.05, 4.69) is 50.0 Å². The number of hydrogen-bond acceptors (Lipinski definition) is 3. The SMILES string of the molecule is Cc1cc(C)cc(OCCNCCS)c1. The highest BCUT2D eigenvalue weighted by Gasteiger charge is 1.96. The zero-order valence-electron chi connectivity index (χ0n) is 9.42. The quantitative estimate of drug-likeness (QED) is 0.572. The molecule has 15 heavy (non-hydrogen) atoms. The van der Waals surface area contributed by atoms with Gasteiger partial charge in [-0.25, -0.2) is 0 Å². The molecule has 0 aromatic heterocycles. The van der Waals surface area contributed by atoms with E-state index in [1.807, 2.05) is 0 Å². The van der Waals surface area contributed by atoms with E-state index in [0.717, 1.165) is 24.6 Å². The Kier molecular flexibility index (Phi) is 5.58. The Hall–Kier alpha value is -0.670. The molecule has 2 nitrogen and oxygen atoms in total. The third-order valence-corrected chi connectivity index (χ3v) is 2.25. The van der Waals surface area contributed by atoms with Crippen LogP contribution in [0.15, 0.2) is 18.2 Å². The van der Waals surface area contributed by atoms with Gasteiger partial charge in [-0.2, -0.15) is 12.6 Å². The minimum absolute atomic E-state index is 0.705. The molecular weight excluding hydrogens is 206 g/mol. The van der Waals surface area contributed by atoms with E-state index < -0.39 is 0 Å². The van der Waals surface area contributed by atoms with Crippen molar-refractivity contribution in [1.29, 1.82) is 0 Å². The van der Waals surface area contributed by atoms with Crippen molar-refractivity contribution in [2.24, 2.45) is 0 Å². The molecule has 1 aromatic rings. The van der Waals surface area contributed by atoms with Crippen LogP contribution in [0.5, 0.6) is 5.75 Å². The van der Waals surface area contributed by atoms with E-state index in [0.29, 0.717) is 6.61 Å². The van der Waals surface area contributed by atoms with Crippen LogP contribution in [0, 0.1) is 13.8 Å². The first kappa shape index (κ1) is 12.4. The Bertz CT molecular complexity index is 281. The standard InChI is InChI=1S/C12H19NOS/c1-10-7-11(2)9-12(8-10)14-5-3-13-4-6-15/h7-9,13,15H,3-6H2,1-2H3. The normalized spacial score (nSPS) is 10.3. The molecule has 1 rings (SSSR count). The predicted octanol–water partition coefficient (Wildman–Crippen LogP) is 2.20. The van der Waals surface area contributed by atoms with Gasteiger partial charge >= 0.3 is 0 Å². The maximum Gasteiger partial charge on any atom is 0.119 e. The molecule has 0 radical (unpaired) electrons. The van der Waals surface area contributed by atoms with Gasteiger partial charge in [0.25, 0.3) is 0 Å². The Morgan fingerprint density at radius 3 is 2.40 bits per heavy atom. The summed E-state index contributed by atoms with van der Waals surface area (Å²) in [5.41, 5.74) is 2.49. The Morgan fingerprint density at radius 2 is 1.80 bits per heavy atom. The van der Waals surface area contributed by atoms with Crippen molar-refractivity contribution in [2.45, 2.75) is 13.8 Å². The van der Waals surface area contributed by atoms with Crippen molar-refractivity contribution in [1.82, 2.24) is 5.32 Å². The van der Waals surface area contributed by atoms with E-state index in [1.165, 1.54) is 11.1 Å². The summed E-state index contributed by atoms with van der Waals surface area (Å²) in [6.45, 7) is 6.67. The molecule has 1 aromatic carbocycles. The molecule has 0 saturated carbocycles. The second-order valence-electron chi connectivity index (χ2n) is 3.65. The summed E-state index contributed by atoms with van der Waals surface area (Å²) in [6.07, 6.45) is 0. The minimum atomic E-state index is 0.705. The number of aryl methyl sites for hydroxylation is 2. The van der Waals surface area contributed by atoms with Crippen LogP contribution in [0.1, 0.15) is 11.1 Å². The van der Waals surface area contributed by atoms with Crippen LogP contribution < -0.4 is 10.1 Å². The van der Waals surface area contributed by atoms with Crippen LogP contribution >= 0.6 is 12.6 Å². The Balaban J connectivity index is 2.31. The molecule has 0 atom stereocenters. The Labute approximate surface area is 97.4 Å². The predicted molar refractivity (Wildman–Crippen MR) is 68.1 cm³/mol. The van der Waals surface area contributed by atoms with Crippen LogP contribution in [0.25, 0.3) is 0 Å². The molecule has 0 spiro atoms. The zero-order valence-corrected chi connectivity index (χ0v) is 10.3. The third-order valence-electron chi connectivity index (χ3n) is 2.03. The lowest BCUT2D eigenvalue weighted by molar-refractivity contribution is 0.315. The average molecular weight is 225 g/mol. The molecular formula is C12H19NOS. The molecule has 84 valence electrons. The number of ether oxygens (including phenoxy) is 1. The summed E-state index contributed by atoms with van der Waals surface area (Å²) in [7, 11) is 0. The van der Waals surface area contributed by atoms with Gasteiger partial charge in [0.15, 0.2) is 0 Å². The van der Waals surface area contributed by atoms with Gasteiger partial charge in [-0.05, 0) is 37.1 Å². The summed E-state index contributed by atoms with van der Waals surface area (Å²) in [5.74, 6) is 1.82. The van der Waals surface area contributed by atoms with E-state index in [1.54, 1.807) is 0 Å². The third kappa shape index (κ3) is 5.09. The summed E-state index contributed by atoms with van der Waals surface area (Å²) >= 11 is 4.12.